The van der Waals surface area contributed by atoms with Gasteiger partial charge in [-0.05, 0) is 6.42 Å². The van der Waals surface area contributed by atoms with Gasteiger partial charge in [-0.25, -0.2) is 15.0 Å². The van der Waals surface area contributed by atoms with Gasteiger partial charge in [-0.2, -0.15) is 0 Å². The van der Waals surface area contributed by atoms with Gasteiger partial charge < -0.3 is 10.7 Å². The highest BCUT2D eigenvalue weighted by atomic mass is 32.2. The van der Waals surface area contributed by atoms with Crippen LogP contribution in [0.25, 0.3) is 11.2 Å². The van der Waals surface area contributed by atoms with E-state index in [1.165, 1.54) is 6.33 Å². The molecule has 2 aromatic rings. The van der Waals surface area contributed by atoms with Crippen LogP contribution in [-0.4, -0.2) is 31.2 Å². The average molecular weight is 237 g/mol. The lowest BCUT2D eigenvalue weighted by Crippen LogP contribution is -2.29. The lowest BCUT2D eigenvalue weighted by Gasteiger charge is -2.16. The van der Waals surface area contributed by atoms with Crippen molar-refractivity contribution in [1.82, 2.24) is 19.9 Å². The van der Waals surface area contributed by atoms with Gasteiger partial charge in [0, 0.05) is 11.3 Å². The number of imidazole rings is 1. The van der Waals surface area contributed by atoms with Gasteiger partial charge in [-0.3, -0.25) is 0 Å². The summed E-state index contributed by atoms with van der Waals surface area (Å²) in [6, 6.07) is 0.179. The molecule has 0 saturated carbocycles. The van der Waals surface area contributed by atoms with E-state index < -0.39 is 0 Å². The number of hydrogen-bond donors (Lipinski definition) is 2. The molecule has 0 aliphatic carbocycles. The van der Waals surface area contributed by atoms with Gasteiger partial charge in [0.25, 0.3) is 0 Å². The Morgan fingerprint density at radius 3 is 3.00 bits per heavy atom. The van der Waals surface area contributed by atoms with Gasteiger partial charge in [-0.15, -0.1) is 0 Å². The third-order valence-corrected chi connectivity index (χ3v) is 3.81. The third-order valence-electron chi connectivity index (χ3n) is 2.56. The maximum absolute atomic E-state index is 5.99. The Hall–Kier alpha value is -1.14. The van der Waals surface area contributed by atoms with Crippen molar-refractivity contribution in [3.05, 3.63) is 12.7 Å². The zero-order chi connectivity index (χ0) is 11.5. The highest BCUT2D eigenvalue weighted by Crippen LogP contribution is 2.27. The van der Waals surface area contributed by atoms with Crippen molar-refractivity contribution in [3.8, 4) is 0 Å². The predicted molar refractivity (Wildman–Crippen MR) is 65.3 cm³/mol. The van der Waals surface area contributed by atoms with Gasteiger partial charge in [0.15, 0.2) is 5.65 Å². The normalized spacial score (nSPS) is 15.2. The molecule has 2 rings (SSSR count). The van der Waals surface area contributed by atoms with E-state index in [2.05, 4.69) is 33.8 Å². The number of nitrogens with one attached hydrogen (secondary N) is 1. The van der Waals surface area contributed by atoms with E-state index in [1.54, 1.807) is 18.1 Å². The molecule has 0 aromatic carbocycles. The fourth-order valence-electron chi connectivity index (χ4n) is 1.43. The summed E-state index contributed by atoms with van der Waals surface area (Å²) >= 11 is 1.66. The molecule has 3 N–H and O–H groups in total. The minimum atomic E-state index is 0.179. The lowest BCUT2D eigenvalue weighted by molar-refractivity contribution is 0.642. The van der Waals surface area contributed by atoms with Crippen LogP contribution in [0.3, 0.4) is 0 Å². The van der Waals surface area contributed by atoms with Crippen molar-refractivity contribution in [2.45, 2.75) is 36.6 Å². The van der Waals surface area contributed by atoms with E-state index in [4.69, 9.17) is 5.73 Å². The van der Waals surface area contributed by atoms with Gasteiger partial charge in [0.2, 0.25) is 0 Å². The standard InChI is InChI=1S/C10H15N5S/c1-3-7(11)6(2)16-10-8-9(13-4-12-8)14-5-15-10/h4-7H,3,11H2,1-2H3,(H,12,13,14,15). The Labute approximate surface area is 98.3 Å². The van der Waals surface area contributed by atoms with E-state index in [9.17, 15) is 0 Å². The van der Waals surface area contributed by atoms with E-state index in [1.807, 2.05) is 0 Å². The molecule has 0 radical (unpaired) electrons. The molecule has 0 fully saturated rings. The van der Waals surface area contributed by atoms with Gasteiger partial charge in [-0.1, -0.05) is 25.6 Å². The molecule has 2 heterocycles. The van der Waals surface area contributed by atoms with Crippen molar-refractivity contribution in [2.75, 3.05) is 0 Å². The second-order valence-electron chi connectivity index (χ2n) is 3.68. The van der Waals surface area contributed by atoms with Crippen LogP contribution in [0.1, 0.15) is 20.3 Å². The number of thioether (sulfide) groups is 1. The monoisotopic (exact) mass is 237 g/mol. The first kappa shape index (κ1) is 11.3. The average Bonchev–Trinajstić information content (AvgIpc) is 2.77. The Morgan fingerprint density at radius 1 is 1.44 bits per heavy atom. The quantitative estimate of drug-likeness (QED) is 0.623. The predicted octanol–water partition coefficient (Wildman–Crippen LogP) is 1.57. The molecule has 0 aliphatic rings. The van der Waals surface area contributed by atoms with E-state index >= 15 is 0 Å². The number of fused-ring (bicyclic) bond motifs is 1. The van der Waals surface area contributed by atoms with Crippen LogP contribution >= 0.6 is 11.8 Å². The summed E-state index contributed by atoms with van der Waals surface area (Å²) in [6.07, 6.45) is 4.13. The van der Waals surface area contributed by atoms with Gasteiger partial charge >= 0.3 is 0 Å². The molecule has 2 aromatic heterocycles. The first-order chi connectivity index (χ1) is 7.72. The number of aromatic nitrogens is 4. The van der Waals surface area contributed by atoms with Crippen molar-refractivity contribution in [3.63, 3.8) is 0 Å². The van der Waals surface area contributed by atoms with E-state index in [-0.39, 0.29) is 6.04 Å². The summed E-state index contributed by atoms with van der Waals surface area (Å²) in [6.45, 7) is 4.20. The third kappa shape index (κ3) is 2.17. The maximum atomic E-state index is 5.99. The largest absolute Gasteiger partial charge is 0.341 e. The summed E-state index contributed by atoms with van der Waals surface area (Å²) < 4.78 is 0. The molecule has 16 heavy (non-hydrogen) atoms. The molecule has 86 valence electrons. The molecular weight excluding hydrogens is 222 g/mol. The second-order valence-corrected chi connectivity index (χ2v) is 5.04. The second kappa shape index (κ2) is 4.80. The first-order valence-electron chi connectivity index (χ1n) is 5.28. The zero-order valence-corrected chi connectivity index (χ0v) is 10.2. The molecule has 0 amide bonds. The topological polar surface area (TPSA) is 80.5 Å². The summed E-state index contributed by atoms with van der Waals surface area (Å²) in [7, 11) is 0. The zero-order valence-electron chi connectivity index (χ0n) is 9.34. The van der Waals surface area contributed by atoms with Crippen LogP contribution in [0.15, 0.2) is 17.7 Å². The van der Waals surface area contributed by atoms with Crippen molar-refractivity contribution >= 4 is 22.9 Å². The summed E-state index contributed by atoms with van der Waals surface area (Å²) in [5, 5.41) is 1.24. The molecule has 0 spiro atoms. The summed E-state index contributed by atoms with van der Waals surface area (Å²) in [5.41, 5.74) is 7.59. The van der Waals surface area contributed by atoms with Crippen LogP contribution in [0, 0.1) is 0 Å². The first-order valence-corrected chi connectivity index (χ1v) is 6.16. The SMILES string of the molecule is CCC(N)C(C)Sc1ncnc2nc[nH]c12. The highest BCUT2D eigenvalue weighted by Gasteiger charge is 2.15. The number of hydrogen-bond acceptors (Lipinski definition) is 5. The lowest BCUT2D eigenvalue weighted by atomic mass is 10.2. The number of rotatable bonds is 4. The van der Waals surface area contributed by atoms with Crippen LogP contribution in [0.2, 0.25) is 0 Å². The Kier molecular flexibility index (Phi) is 3.40. The molecule has 6 heteroatoms. The van der Waals surface area contributed by atoms with Crippen LogP contribution in [0.4, 0.5) is 0 Å². The molecule has 2 atom stereocenters. The number of nitrogens with zero attached hydrogens (tertiary/aromatic N) is 3. The molecule has 0 aliphatic heterocycles. The number of aromatic amines is 1. The minimum Gasteiger partial charge on any atom is -0.341 e. The van der Waals surface area contributed by atoms with Crippen molar-refractivity contribution < 1.29 is 0 Å². The van der Waals surface area contributed by atoms with E-state index in [0.717, 1.165) is 17.0 Å². The Balaban J connectivity index is 2.23. The van der Waals surface area contributed by atoms with Crippen LogP contribution in [0.5, 0.6) is 0 Å². The minimum absolute atomic E-state index is 0.179. The Bertz CT molecular complexity index is 469. The van der Waals surface area contributed by atoms with Gasteiger partial charge in [0.05, 0.1) is 6.33 Å². The molecule has 2 unspecified atom stereocenters. The fraction of sp³-hybridized carbons (Fsp3) is 0.500. The molecule has 0 saturated heterocycles. The molecule has 5 nitrogen and oxygen atoms in total. The summed E-state index contributed by atoms with van der Waals surface area (Å²) in [4.78, 5) is 15.5. The Morgan fingerprint density at radius 2 is 2.25 bits per heavy atom. The van der Waals surface area contributed by atoms with Crippen molar-refractivity contribution in [1.29, 1.82) is 0 Å². The summed E-state index contributed by atoms with van der Waals surface area (Å²) in [5.74, 6) is 0. The fourth-order valence-corrected chi connectivity index (χ4v) is 2.52. The van der Waals surface area contributed by atoms with Crippen LogP contribution < -0.4 is 5.73 Å². The van der Waals surface area contributed by atoms with E-state index in [0.29, 0.717) is 10.9 Å². The highest BCUT2D eigenvalue weighted by molar-refractivity contribution is 8.00. The van der Waals surface area contributed by atoms with Crippen LogP contribution in [-0.2, 0) is 0 Å². The number of H-pyrrole nitrogens is 1. The molecule has 0 bridgehead atoms. The molecular formula is C10H15N5S. The maximum Gasteiger partial charge on any atom is 0.181 e. The smallest absolute Gasteiger partial charge is 0.181 e. The van der Waals surface area contributed by atoms with Crippen molar-refractivity contribution in [2.24, 2.45) is 5.73 Å². The van der Waals surface area contributed by atoms with Gasteiger partial charge in [0.1, 0.15) is 16.9 Å². The number of nitrogens with two attached hydrogens (primary N) is 1.